The lowest BCUT2D eigenvalue weighted by atomic mass is 10.2. The molecule has 2 aromatic carbocycles. The van der Waals surface area contributed by atoms with Crippen LogP contribution < -0.4 is 25.4 Å². The lowest BCUT2D eigenvalue weighted by Crippen LogP contribution is -2.43. The maximum atomic E-state index is 14.4. The first-order valence-corrected chi connectivity index (χ1v) is 11.7. The van der Waals surface area contributed by atoms with Gasteiger partial charge in [-0.05, 0) is 36.4 Å². The number of nitrogens with one attached hydrogen (secondary N) is 3. The van der Waals surface area contributed by atoms with Gasteiger partial charge in [-0.2, -0.15) is 4.98 Å². The second-order valence-corrected chi connectivity index (χ2v) is 8.06. The maximum absolute atomic E-state index is 14.4. The molecule has 0 bridgehead atoms. The number of ether oxygens (including phenoxy) is 3. The molecule has 3 aromatic rings. The Morgan fingerprint density at radius 3 is 2.63 bits per heavy atom. The number of carbonyl (C=O) groups is 2. The van der Waals surface area contributed by atoms with Gasteiger partial charge in [-0.15, -0.1) is 0 Å². The number of methoxy groups -OCH3 is 1. The summed E-state index contributed by atoms with van der Waals surface area (Å²) in [4.78, 5) is 33.8. The third-order valence-electron chi connectivity index (χ3n) is 5.46. The fourth-order valence-corrected chi connectivity index (χ4v) is 3.56. The number of amides is 2. The minimum absolute atomic E-state index is 0.0664. The van der Waals surface area contributed by atoms with Crippen LogP contribution in [0.15, 0.2) is 61.3 Å². The summed E-state index contributed by atoms with van der Waals surface area (Å²) in [7, 11) is 1.48. The molecule has 3 N–H and O–H groups in total. The Balaban J connectivity index is 1.42. The van der Waals surface area contributed by atoms with Gasteiger partial charge in [0.2, 0.25) is 11.9 Å². The zero-order valence-electron chi connectivity index (χ0n) is 20.7. The summed E-state index contributed by atoms with van der Waals surface area (Å²) in [5, 5.41) is 8.52. The van der Waals surface area contributed by atoms with Gasteiger partial charge in [-0.25, -0.2) is 9.37 Å². The largest absolute Gasteiger partial charge is 0.493 e. The molecular weight excluding hydrogens is 495 g/mol. The average molecular weight is 523 g/mol. The molecule has 1 aromatic heterocycles. The molecule has 0 saturated carbocycles. The van der Waals surface area contributed by atoms with Crippen molar-refractivity contribution in [1.29, 1.82) is 0 Å². The van der Waals surface area contributed by atoms with Crippen molar-refractivity contribution >= 4 is 40.6 Å². The quantitative estimate of drug-likeness (QED) is 0.343. The number of rotatable bonds is 10. The van der Waals surface area contributed by atoms with Gasteiger partial charge in [0.15, 0.2) is 29.7 Å². The molecule has 0 aliphatic carbocycles. The van der Waals surface area contributed by atoms with Gasteiger partial charge in [0.25, 0.3) is 5.91 Å². The summed E-state index contributed by atoms with van der Waals surface area (Å²) in [5.41, 5.74) is 1.57. The average Bonchev–Trinajstić information content (AvgIpc) is 2.94. The highest BCUT2D eigenvalue weighted by Gasteiger charge is 2.18. The van der Waals surface area contributed by atoms with Gasteiger partial charge in [0, 0.05) is 36.2 Å². The smallest absolute Gasteiger partial charge is 0.260 e. The van der Waals surface area contributed by atoms with E-state index < -0.39 is 5.82 Å². The van der Waals surface area contributed by atoms with Gasteiger partial charge < -0.3 is 35.1 Å². The molecule has 11 nitrogen and oxygen atoms in total. The first-order chi connectivity index (χ1) is 18.4. The van der Waals surface area contributed by atoms with E-state index in [0.717, 1.165) is 12.3 Å². The number of benzene rings is 2. The van der Waals surface area contributed by atoms with Crippen molar-refractivity contribution in [2.24, 2.45) is 0 Å². The van der Waals surface area contributed by atoms with Crippen molar-refractivity contribution in [2.75, 3.05) is 56.0 Å². The summed E-state index contributed by atoms with van der Waals surface area (Å²) < 4.78 is 30.8. The Morgan fingerprint density at radius 2 is 1.87 bits per heavy atom. The normalized spacial score (nSPS) is 12.8. The van der Waals surface area contributed by atoms with Crippen molar-refractivity contribution in [2.45, 2.75) is 0 Å². The van der Waals surface area contributed by atoms with E-state index in [1.54, 1.807) is 47.4 Å². The molecule has 2 heterocycles. The molecule has 0 unspecified atom stereocenters. The predicted octanol–water partition coefficient (Wildman–Crippen LogP) is 3.47. The van der Waals surface area contributed by atoms with E-state index >= 15 is 0 Å². The molecule has 1 fully saturated rings. The van der Waals surface area contributed by atoms with Crippen molar-refractivity contribution in [3.8, 4) is 11.5 Å². The highest BCUT2D eigenvalue weighted by Crippen LogP contribution is 2.31. The summed E-state index contributed by atoms with van der Waals surface area (Å²) in [5.74, 6) is -0.314. The number of nitrogens with zero attached hydrogens (tertiary/aromatic N) is 3. The molecule has 1 saturated heterocycles. The lowest BCUT2D eigenvalue weighted by Gasteiger charge is -2.26. The Labute approximate surface area is 218 Å². The summed E-state index contributed by atoms with van der Waals surface area (Å²) in [6.07, 6.45) is 2.19. The molecule has 4 rings (SSSR count). The van der Waals surface area contributed by atoms with Crippen LogP contribution in [0.3, 0.4) is 0 Å². The van der Waals surface area contributed by atoms with Gasteiger partial charge >= 0.3 is 0 Å². The summed E-state index contributed by atoms with van der Waals surface area (Å²) in [6, 6.07) is 11.7. The molecule has 0 spiro atoms. The van der Waals surface area contributed by atoms with Crippen LogP contribution in [0.2, 0.25) is 0 Å². The van der Waals surface area contributed by atoms with Gasteiger partial charge in [-0.3, -0.25) is 9.59 Å². The monoisotopic (exact) mass is 522 g/mol. The number of halogens is 1. The van der Waals surface area contributed by atoms with Crippen LogP contribution in [0.5, 0.6) is 11.5 Å². The van der Waals surface area contributed by atoms with Gasteiger partial charge in [0.05, 0.1) is 26.5 Å². The fraction of sp³-hybridized carbons (Fsp3) is 0.231. The Hall–Kier alpha value is -4.71. The Bertz CT molecular complexity index is 1320. The zero-order valence-corrected chi connectivity index (χ0v) is 20.7. The molecule has 0 atom stereocenters. The minimum atomic E-state index is -0.664. The molecule has 198 valence electrons. The molecular formula is C26H27FN6O5. The summed E-state index contributed by atoms with van der Waals surface area (Å²) >= 11 is 0. The second-order valence-electron chi connectivity index (χ2n) is 8.06. The highest BCUT2D eigenvalue weighted by atomic mass is 19.1. The number of hydrogen-bond acceptors (Lipinski definition) is 9. The third kappa shape index (κ3) is 6.95. The van der Waals surface area contributed by atoms with E-state index in [9.17, 15) is 14.0 Å². The van der Waals surface area contributed by atoms with E-state index in [4.69, 9.17) is 14.2 Å². The van der Waals surface area contributed by atoms with Crippen LogP contribution in [-0.2, 0) is 14.3 Å². The van der Waals surface area contributed by atoms with E-state index in [-0.39, 0.29) is 30.2 Å². The van der Waals surface area contributed by atoms with Crippen LogP contribution in [0, 0.1) is 5.82 Å². The van der Waals surface area contributed by atoms with E-state index in [0.29, 0.717) is 54.9 Å². The van der Waals surface area contributed by atoms with E-state index in [1.165, 1.54) is 7.11 Å². The number of aromatic nitrogens is 2. The minimum Gasteiger partial charge on any atom is -0.493 e. The first kappa shape index (κ1) is 26.4. The highest BCUT2D eigenvalue weighted by molar-refractivity contribution is 5.99. The number of hydrogen-bond donors (Lipinski definition) is 3. The second kappa shape index (κ2) is 12.5. The first-order valence-electron chi connectivity index (χ1n) is 11.7. The standard InChI is InChI=1S/C26H27FN6O5/c1-3-23(34)29-17-5-4-6-18(13-17)30-25-20(27)15-28-26(32-25)31-19-7-8-21(22(14-19)36-2)38-16-24(35)33-9-11-37-12-10-33/h3-8,13-15H,1,9-12,16H2,2H3,(H,29,34)(H2,28,30,31,32). The predicted molar refractivity (Wildman–Crippen MR) is 140 cm³/mol. The van der Waals surface area contributed by atoms with E-state index in [1.807, 2.05) is 0 Å². The van der Waals surface area contributed by atoms with Crippen molar-refractivity contribution < 1.29 is 28.2 Å². The van der Waals surface area contributed by atoms with Crippen LogP contribution >= 0.6 is 0 Å². The van der Waals surface area contributed by atoms with Crippen molar-refractivity contribution in [1.82, 2.24) is 14.9 Å². The molecule has 0 radical (unpaired) electrons. The molecule has 1 aliphatic heterocycles. The maximum Gasteiger partial charge on any atom is 0.260 e. The molecule has 2 amide bonds. The van der Waals surface area contributed by atoms with Crippen LogP contribution in [0.25, 0.3) is 0 Å². The topological polar surface area (TPSA) is 127 Å². The fourth-order valence-electron chi connectivity index (χ4n) is 3.56. The third-order valence-corrected chi connectivity index (χ3v) is 5.46. The molecule has 38 heavy (non-hydrogen) atoms. The van der Waals surface area contributed by atoms with Crippen molar-refractivity contribution in [3.63, 3.8) is 0 Å². The Kier molecular flexibility index (Phi) is 8.67. The SMILES string of the molecule is C=CC(=O)Nc1cccc(Nc2nc(Nc3ccc(OCC(=O)N4CCOCC4)c(OC)c3)ncc2F)c1. The number of morpholine rings is 1. The Morgan fingerprint density at radius 1 is 1.11 bits per heavy atom. The molecule has 1 aliphatic rings. The zero-order chi connectivity index (χ0) is 26.9. The van der Waals surface area contributed by atoms with Gasteiger partial charge in [-0.1, -0.05) is 12.6 Å². The van der Waals surface area contributed by atoms with Gasteiger partial charge in [0.1, 0.15) is 0 Å². The molecule has 12 heteroatoms. The van der Waals surface area contributed by atoms with Crippen molar-refractivity contribution in [3.05, 3.63) is 67.1 Å². The lowest BCUT2D eigenvalue weighted by molar-refractivity contribution is -0.137. The summed E-state index contributed by atoms with van der Waals surface area (Å²) in [6.45, 7) is 5.39. The van der Waals surface area contributed by atoms with Crippen LogP contribution in [0.1, 0.15) is 0 Å². The number of anilines is 5. The van der Waals surface area contributed by atoms with E-state index in [2.05, 4.69) is 32.5 Å². The van der Waals surface area contributed by atoms with Crippen LogP contribution in [-0.4, -0.2) is 66.7 Å². The number of carbonyl (C=O) groups excluding carboxylic acids is 2. The van der Waals surface area contributed by atoms with Crippen LogP contribution in [0.4, 0.5) is 33.2 Å².